The molecule has 0 saturated carbocycles. The molecule has 0 aliphatic carbocycles. The molecule has 14 heteroatoms. The lowest BCUT2D eigenvalue weighted by Crippen LogP contribution is -2.53. The number of hydrogen-bond acceptors (Lipinski definition) is 10. The van der Waals surface area contributed by atoms with E-state index in [1.807, 2.05) is 42.5 Å². The maximum atomic E-state index is 14.5. The number of hydrogen-bond donors (Lipinski definition) is 2. The lowest BCUT2D eigenvalue weighted by Gasteiger charge is -2.33. The number of nitrogens with one attached hydrogen (secondary N) is 1. The van der Waals surface area contributed by atoms with Crippen molar-refractivity contribution >= 4 is 22.0 Å². The number of fused-ring (bicyclic) bond motifs is 3. The maximum absolute atomic E-state index is 14.5. The fraction of sp³-hybridized carbons (Fsp3) is 0.529. The Bertz CT molecular complexity index is 1570. The van der Waals surface area contributed by atoms with Gasteiger partial charge in [0.1, 0.15) is 22.5 Å². The average Bonchev–Trinajstić information content (AvgIpc) is 3.79. The molecule has 3 saturated heterocycles. The van der Waals surface area contributed by atoms with Crippen LogP contribution in [0, 0.1) is 5.92 Å². The third-order valence-corrected chi connectivity index (χ3v) is 11.2. The monoisotopic (exact) mass is 685 g/mol. The van der Waals surface area contributed by atoms with E-state index in [2.05, 4.69) is 5.32 Å². The van der Waals surface area contributed by atoms with Gasteiger partial charge in [0.05, 0.1) is 45.0 Å². The summed E-state index contributed by atoms with van der Waals surface area (Å²) in [5.74, 6) is 0.418. The van der Waals surface area contributed by atoms with E-state index in [0.717, 1.165) is 5.56 Å². The number of aliphatic hydroxyl groups excluding tert-OH is 1. The third kappa shape index (κ3) is 7.78. The minimum absolute atomic E-state index is 0.0593. The van der Waals surface area contributed by atoms with Crippen molar-refractivity contribution in [1.82, 2.24) is 14.5 Å². The molecular formula is C34H43N3O10S. The molecule has 6 rings (SSSR count). The number of amides is 2. The van der Waals surface area contributed by atoms with E-state index in [1.54, 1.807) is 11.0 Å². The Morgan fingerprint density at radius 3 is 2.75 bits per heavy atom. The van der Waals surface area contributed by atoms with Crippen LogP contribution in [0.25, 0.3) is 0 Å². The molecule has 260 valence electrons. The Morgan fingerprint density at radius 1 is 1.10 bits per heavy atom. The molecule has 3 fully saturated rings. The van der Waals surface area contributed by atoms with Gasteiger partial charge in [0.2, 0.25) is 15.9 Å². The van der Waals surface area contributed by atoms with Crippen molar-refractivity contribution in [2.24, 2.45) is 5.92 Å². The first-order valence-corrected chi connectivity index (χ1v) is 17.8. The van der Waals surface area contributed by atoms with Crippen LogP contribution in [0.5, 0.6) is 11.5 Å². The van der Waals surface area contributed by atoms with Gasteiger partial charge in [-0.2, -0.15) is 4.31 Å². The lowest BCUT2D eigenvalue weighted by molar-refractivity contribution is -0.128. The average molecular weight is 686 g/mol. The standard InChI is InChI=1S/C34H43N3O10S/c1-43-25-11-12-31-29(19-25)44-16-7-3-6-15-37-24(10-13-32(37)39)20-36(48(31,41)42)21-28(38)27(18-23-8-4-2-5-9-23)35-34(40)47-30-22-46-33-26(30)14-17-45-33/h2-6,8-9,11-12,19,24,26-28,30,33,38H,7,10,13-18,20-22H2,1H3,(H,35,40)/b6-3-/t24-,26+,27+,28-,30+,33-/m1/s1. The largest absolute Gasteiger partial charge is 0.497 e. The highest BCUT2D eigenvalue weighted by molar-refractivity contribution is 7.89. The van der Waals surface area contributed by atoms with Crippen molar-refractivity contribution in [2.45, 2.75) is 67.6 Å². The smallest absolute Gasteiger partial charge is 0.407 e. The summed E-state index contributed by atoms with van der Waals surface area (Å²) in [6.07, 6.45) is 2.98. The fourth-order valence-corrected chi connectivity index (χ4v) is 8.33. The van der Waals surface area contributed by atoms with E-state index < -0.39 is 46.7 Å². The summed E-state index contributed by atoms with van der Waals surface area (Å²) in [5.41, 5.74) is 0.827. The summed E-state index contributed by atoms with van der Waals surface area (Å²) in [6, 6.07) is 12.4. The fourth-order valence-electron chi connectivity index (χ4n) is 6.72. The zero-order valence-corrected chi connectivity index (χ0v) is 27.8. The molecule has 6 atom stereocenters. The highest BCUT2D eigenvalue weighted by atomic mass is 32.2. The number of benzene rings is 2. The summed E-state index contributed by atoms with van der Waals surface area (Å²) < 4.78 is 58.4. The quantitative estimate of drug-likeness (QED) is 0.397. The van der Waals surface area contributed by atoms with Crippen LogP contribution in [-0.4, -0.2) is 112 Å². The van der Waals surface area contributed by atoms with Gasteiger partial charge in [0.25, 0.3) is 0 Å². The highest BCUT2D eigenvalue weighted by Gasteiger charge is 2.44. The summed E-state index contributed by atoms with van der Waals surface area (Å²) in [4.78, 5) is 27.7. The van der Waals surface area contributed by atoms with Gasteiger partial charge in [0, 0.05) is 38.2 Å². The molecule has 0 radical (unpaired) electrons. The van der Waals surface area contributed by atoms with Crippen molar-refractivity contribution in [1.29, 1.82) is 0 Å². The molecular weight excluding hydrogens is 642 g/mol. The third-order valence-electron chi connectivity index (χ3n) is 9.35. The molecule has 0 bridgehead atoms. The molecule has 2 aromatic rings. The number of ether oxygens (including phenoxy) is 5. The van der Waals surface area contributed by atoms with E-state index in [0.29, 0.717) is 44.6 Å². The summed E-state index contributed by atoms with van der Waals surface area (Å²) in [5, 5.41) is 14.6. The van der Waals surface area contributed by atoms with Crippen molar-refractivity contribution in [3.63, 3.8) is 0 Å². The van der Waals surface area contributed by atoms with E-state index in [1.165, 1.54) is 23.5 Å². The molecule has 2 aromatic carbocycles. The number of alkyl carbamates (subject to hydrolysis) is 1. The van der Waals surface area contributed by atoms with Gasteiger partial charge < -0.3 is 39.0 Å². The predicted octanol–water partition coefficient (Wildman–Crippen LogP) is 2.48. The van der Waals surface area contributed by atoms with Crippen molar-refractivity contribution in [2.75, 3.05) is 46.6 Å². The van der Waals surface area contributed by atoms with Gasteiger partial charge in [-0.3, -0.25) is 4.79 Å². The van der Waals surface area contributed by atoms with Crippen LogP contribution in [0.3, 0.4) is 0 Å². The molecule has 0 spiro atoms. The highest BCUT2D eigenvalue weighted by Crippen LogP contribution is 2.34. The molecule has 2 N–H and O–H groups in total. The van der Waals surface area contributed by atoms with Crippen LogP contribution in [-0.2, 0) is 35.4 Å². The molecule has 0 unspecified atom stereocenters. The topological polar surface area (TPSA) is 153 Å². The Kier molecular flexibility index (Phi) is 10.9. The molecule has 2 amide bonds. The van der Waals surface area contributed by atoms with Gasteiger partial charge in [-0.1, -0.05) is 42.5 Å². The molecule has 4 heterocycles. The van der Waals surface area contributed by atoms with E-state index in [-0.39, 0.29) is 55.2 Å². The van der Waals surface area contributed by atoms with Gasteiger partial charge in [-0.15, -0.1) is 0 Å². The van der Waals surface area contributed by atoms with Crippen molar-refractivity contribution < 1.29 is 46.8 Å². The normalized spacial score (nSPS) is 27.5. The predicted molar refractivity (Wildman–Crippen MR) is 173 cm³/mol. The minimum atomic E-state index is -4.30. The van der Waals surface area contributed by atoms with Gasteiger partial charge in [-0.05, 0) is 43.4 Å². The van der Waals surface area contributed by atoms with E-state index in [9.17, 15) is 23.1 Å². The number of nitrogens with zero attached hydrogens (tertiary/aromatic N) is 2. The molecule has 13 nitrogen and oxygen atoms in total. The Morgan fingerprint density at radius 2 is 1.94 bits per heavy atom. The Balaban J connectivity index is 1.29. The minimum Gasteiger partial charge on any atom is -0.497 e. The summed E-state index contributed by atoms with van der Waals surface area (Å²) in [7, 11) is -2.82. The SMILES string of the molecule is COc1ccc2c(c1)OCC/C=C\CN1C(=O)CC[C@@H]1CN(C[C@@H](O)[C@H](Cc1ccccc1)NC(=O)O[C@H]1CO[C@H]3OCC[C@H]31)S2(=O)=O. The zero-order chi connectivity index (χ0) is 33.7. The van der Waals surface area contributed by atoms with Crippen LogP contribution in [0.1, 0.15) is 31.2 Å². The van der Waals surface area contributed by atoms with E-state index in [4.69, 9.17) is 23.7 Å². The summed E-state index contributed by atoms with van der Waals surface area (Å²) >= 11 is 0. The second-order valence-electron chi connectivity index (χ2n) is 12.5. The first-order valence-electron chi connectivity index (χ1n) is 16.4. The number of methoxy groups -OCH3 is 1. The number of rotatable bonds is 8. The molecule has 4 aliphatic heterocycles. The second kappa shape index (κ2) is 15.2. The van der Waals surface area contributed by atoms with Crippen LogP contribution >= 0.6 is 0 Å². The second-order valence-corrected chi connectivity index (χ2v) is 14.4. The number of aliphatic hydroxyl groups is 1. The first kappa shape index (κ1) is 34.2. The lowest BCUT2D eigenvalue weighted by atomic mass is 10.0. The number of β-amino-alcohol motifs (C(OH)–C–C–N with tert-alkyl or cyclic N) is 1. The zero-order valence-electron chi connectivity index (χ0n) is 26.9. The summed E-state index contributed by atoms with van der Waals surface area (Å²) in [6.45, 7) is 0.844. The van der Waals surface area contributed by atoms with Gasteiger partial charge >= 0.3 is 6.09 Å². The maximum Gasteiger partial charge on any atom is 0.407 e. The number of sulfonamides is 1. The first-order chi connectivity index (χ1) is 23.2. The Labute approximate surface area is 280 Å². The Hall–Kier alpha value is -3.69. The van der Waals surface area contributed by atoms with Crippen LogP contribution in [0.15, 0.2) is 65.6 Å². The van der Waals surface area contributed by atoms with E-state index >= 15 is 0 Å². The number of carbonyl (C=O) groups excluding carboxylic acids is 2. The van der Waals surface area contributed by atoms with Crippen LogP contribution in [0.2, 0.25) is 0 Å². The van der Waals surface area contributed by atoms with Crippen molar-refractivity contribution in [3.05, 3.63) is 66.2 Å². The van der Waals surface area contributed by atoms with Gasteiger partial charge in [-0.25, -0.2) is 13.2 Å². The van der Waals surface area contributed by atoms with Crippen LogP contribution < -0.4 is 14.8 Å². The van der Waals surface area contributed by atoms with Crippen LogP contribution in [0.4, 0.5) is 4.79 Å². The van der Waals surface area contributed by atoms with Crippen molar-refractivity contribution in [3.8, 4) is 11.5 Å². The molecule has 4 aliphatic rings. The van der Waals surface area contributed by atoms with Gasteiger partial charge in [0.15, 0.2) is 6.29 Å². The molecule has 48 heavy (non-hydrogen) atoms. The number of carbonyl (C=O) groups is 2. The molecule has 0 aromatic heterocycles.